The van der Waals surface area contributed by atoms with Crippen LogP contribution in [0.15, 0.2) is 77.7 Å². The van der Waals surface area contributed by atoms with Crippen molar-refractivity contribution in [1.29, 1.82) is 0 Å². The first-order valence-corrected chi connectivity index (χ1v) is 9.64. The molecule has 0 bridgehead atoms. The van der Waals surface area contributed by atoms with Crippen LogP contribution in [0.5, 0.6) is 17.2 Å². The van der Waals surface area contributed by atoms with E-state index in [9.17, 15) is 18.3 Å². The summed E-state index contributed by atoms with van der Waals surface area (Å²) in [7, 11) is -3.25. The molecule has 0 radical (unpaired) electrons. The van der Waals surface area contributed by atoms with Crippen LogP contribution in [-0.4, -0.2) is 25.6 Å². The first kappa shape index (κ1) is 17.7. The Morgan fingerprint density at radius 1 is 0.846 bits per heavy atom. The highest BCUT2D eigenvalue weighted by molar-refractivity contribution is 7.90. The predicted molar refractivity (Wildman–Crippen MR) is 97.6 cm³/mol. The average Bonchev–Trinajstić information content (AvgIpc) is 2.62. The van der Waals surface area contributed by atoms with E-state index in [0.29, 0.717) is 17.1 Å². The molecule has 3 aromatic rings. The van der Waals surface area contributed by atoms with E-state index in [-0.39, 0.29) is 22.0 Å². The Balaban J connectivity index is 1.76. The van der Waals surface area contributed by atoms with E-state index in [1.54, 1.807) is 54.6 Å². The van der Waals surface area contributed by atoms with Crippen LogP contribution in [0.3, 0.4) is 0 Å². The maximum atomic E-state index is 12.4. The Morgan fingerprint density at radius 3 is 1.92 bits per heavy atom. The molecule has 0 amide bonds. The molecule has 0 aromatic heterocycles. The van der Waals surface area contributed by atoms with Crippen molar-refractivity contribution in [2.24, 2.45) is 0 Å². The van der Waals surface area contributed by atoms with Crippen molar-refractivity contribution >= 4 is 15.6 Å². The number of benzene rings is 3. The van der Waals surface area contributed by atoms with Gasteiger partial charge in [-0.15, -0.1) is 0 Å². The number of phenolic OH excluding ortho intramolecular Hbond substituents is 1. The van der Waals surface area contributed by atoms with Gasteiger partial charge in [0.25, 0.3) is 0 Å². The average molecular weight is 368 g/mol. The number of aromatic hydroxyl groups is 1. The molecule has 26 heavy (non-hydrogen) atoms. The van der Waals surface area contributed by atoms with E-state index in [1.165, 1.54) is 18.2 Å². The van der Waals surface area contributed by atoms with Crippen LogP contribution in [0, 0.1) is 0 Å². The zero-order valence-electron chi connectivity index (χ0n) is 13.9. The molecule has 0 atom stereocenters. The number of ether oxygens (including phenoxy) is 1. The maximum absolute atomic E-state index is 12.4. The van der Waals surface area contributed by atoms with Gasteiger partial charge in [0.05, 0.1) is 10.5 Å². The molecule has 0 saturated carbocycles. The summed E-state index contributed by atoms with van der Waals surface area (Å²) in [6.07, 6.45) is 1.14. The minimum atomic E-state index is -3.25. The van der Waals surface area contributed by atoms with Crippen LogP contribution in [0.4, 0.5) is 0 Å². The van der Waals surface area contributed by atoms with Crippen LogP contribution in [0.25, 0.3) is 0 Å². The molecule has 6 heteroatoms. The highest BCUT2D eigenvalue weighted by Crippen LogP contribution is 2.25. The van der Waals surface area contributed by atoms with Gasteiger partial charge in [-0.25, -0.2) is 8.42 Å². The number of rotatable bonds is 5. The molecular formula is C20H16O5S. The molecule has 0 aliphatic carbocycles. The van der Waals surface area contributed by atoms with Gasteiger partial charge in [-0.05, 0) is 60.7 Å². The standard InChI is InChI=1S/C20H16O5S/c1-26(23,24)17-12-10-16(11-13-17)25-15-8-6-14(7-9-15)20(22)18-4-2-3-5-19(18)21/h2-13,21H,1H3. The minimum Gasteiger partial charge on any atom is -0.507 e. The smallest absolute Gasteiger partial charge is 0.196 e. The minimum absolute atomic E-state index is 0.0659. The summed E-state index contributed by atoms with van der Waals surface area (Å²) in [4.78, 5) is 12.6. The Morgan fingerprint density at radius 2 is 1.38 bits per heavy atom. The lowest BCUT2D eigenvalue weighted by Crippen LogP contribution is -2.01. The van der Waals surface area contributed by atoms with Gasteiger partial charge in [0.1, 0.15) is 17.2 Å². The normalized spacial score (nSPS) is 11.1. The third-order valence-electron chi connectivity index (χ3n) is 3.75. The first-order chi connectivity index (χ1) is 12.3. The molecule has 0 saturated heterocycles. The second-order valence-electron chi connectivity index (χ2n) is 5.72. The lowest BCUT2D eigenvalue weighted by atomic mass is 10.0. The molecule has 0 aliphatic heterocycles. The van der Waals surface area contributed by atoms with Crippen LogP contribution in [0.1, 0.15) is 15.9 Å². The molecule has 3 aromatic carbocycles. The van der Waals surface area contributed by atoms with Gasteiger partial charge in [0.2, 0.25) is 0 Å². The molecule has 0 aliphatic rings. The lowest BCUT2D eigenvalue weighted by Gasteiger charge is -2.08. The summed E-state index contributed by atoms with van der Waals surface area (Å²) in [6.45, 7) is 0. The fourth-order valence-corrected chi connectivity index (χ4v) is 3.02. The molecule has 5 nitrogen and oxygen atoms in total. The number of ketones is 1. The van der Waals surface area contributed by atoms with Crippen LogP contribution in [0.2, 0.25) is 0 Å². The largest absolute Gasteiger partial charge is 0.507 e. The summed E-state index contributed by atoms with van der Waals surface area (Å²) in [5.74, 6) is 0.638. The lowest BCUT2D eigenvalue weighted by molar-refractivity contribution is 0.103. The van der Waals surface area contributed by atoms with Gasteiger partial charge >= 0.3 is 0 Å². The fraction of sp³-hybridized carbons (Fsp3) is 0.0500. The first-order valence-electron chi connectivity index (χ1n) is 7.75. The van der Waals surface area contributed by atoms with Gasteiger partial charge < -0.3 is 9.84 Å². The number of sulfone groups is 1. The number of hydrogen-bond donors (Lipinski definition) is 1. The number of hydrogen-bond acceptors (Lipinski definition) is 5. The summed E-state index contributed by atoms with van der Waals surface area (Å²) < 4.78 is 28.6. The molecule has 132 valence electrons. The van der Waals surface area contributed by atoms with E-state index in [1.807, 2.05) is 0 Å². The summed E-state index contributed by atoms with van der Waals surface area (Å²) in [5.41, 5.74) is 0.656. The maximum Gasteiger partial charge on any atom is 0.196 e. The predicted octanol–water partition coefficient (Wildman–Crippen LogP) is 3.82. The van der Waals surface area contributed by atoms with Crippen molar-refractivity contribution in [2.75, 3.05) is 6.26 Å². The fourth-order valence-electron chi connectivity index (χ4n) is 2.39. The molecule has 0 spiro atoms. The third-order valence-corrected chi connectivity index (χ3v) is 4.88. The van der Waals surface area contributed by atoms with E-state index >= 15 is 0 Å². The van der Waals surface area contributed by atoms with Crippen LogP contribution < -0.4 is 4.74 Å². The van der Waals surface area contributed by atoms with Crippen LogP contribution >= 0.6 is 0 Å². The van der Waals surface area contributed by atoms with E-state index in [4.69, 9.17) is 4.74 Å². The van der Waals surface area contributed by atoms with E-state index in [2.05, 4.69) is 0 Å². The molecule has 1 N–H and O–H groups in total. The highest BCUT2D eigenvalue weighted by Gasteiger charge is 2.13. The number of para-hydroxylation sites is 1. The summed E-state index contributed by atoms with van der Waals surface area (Å²) >= 11 is 0. The Labute approximate surface area is 151 Å². The van der Waals surface area contributed by atoms with Gasteiger partial charge in [-0.3, -0.25) is 4.79 Å². The number of carbonyl (C=O) groups is 1. The molecular weight excluding hydrogens is 352 g/mol. The number of phenols is 1. The monoisotopic (exact) mass is 368 g/mol. The second-order valence-corrected chi connectivity index (χ2v) is 7.73. The van der Waals surface area contributed by atoms with Gasteiger partial charge in [-0.2, -0.15) is 0 Å². The SMILES string of the molecule is CS(=O)(=O)c1ccc(Oc2ccc(C(=O)c3ccccc3O)cc2)cc1. The van der Waals surface area contributed by atoms with Crippen molar-refractivity contribution in [3.63, 3.8) is 0 Å². The van der Waals surface area contributed by atoms with E-state index in [0.717, 1.165) is 6.26 Å². The Hall–Kier alpha value is -3.12. The van der Waals surface area contributed by atoms with Crippen molar-refractivity contribution in [2.45, 2.75) is 4.90 Å². The Kier molecular flexibility index (Phi) is 4.77. The topological polar surface area (TPSA) is 80.7 Å². The summed E-state index contributed by atoms with van der Waals surface area (Å²) in [5, 5.41) is 9.78. The highest BCUT2D eigenvalue weighted by atomic mass is 32.2. The van der Waals surface area contributed by atoms with Crippen molar-refractivity contribution in [3.8, 4) is 17.2 Å². The van der Waals surface area contributed by atoms with Crippen LogP contribution in [-0.2, 0) is 9.84 Å². The molecule has 0 unspecified atom stereocenters. The van der Waals surface area contributed by atoms with Crippen molar-refractivity contribution < 1.29 is 23.1 Å². The zero-order chi connectivity index (χ0) is 18.7. The zero-order valence-corrected chi connectivity index (χ0v) is 14.7. The van der Waals surface area contributed by atoms with Crippen molar-refractivity contribution in [1.82, 2.24) is 0 Å². The Bertz CT molecular complexity index is 1040. The molecule has 0 fully saturated rings. The van der Waals surface area contributed by atoms with Gasteiger partial charge in [-0.1, -0.05) is 12.1 Å². The van der Waals surface area contributed by atoms with Gasteiger partial charge in [0.15, 0.2) is 15.6 Å². The summed E-state index contributed by atoms with van der Waals surface area (Å²) in [6, 6.07) is 18.9. The van der Waals surface area contributed by atoms with Crippen molar-refractivity contribution in [3.05, 3.63) is 83.9 Å². The third kappa shape index (κ3) is 3.92. The van der Waals surface area contributed by atoms with Gasteiger partial charge in [0, 0.05) is 11.8 Å². The molecule has 0 heterocycles. The van der Waals surface area contributed by atoms with E-state index < -0.39 is 9.84 Å². The molecule has 3 rings (SSSR count). The second kappa shape index (κ2) is 7.01. The number of carbonyl (C=O) groups excluding carboxylic acids is 1. The quantitative estimate of drug-likeness (QED) is 0.693.